The molecule has 1 aromatic carbocycles. The zero-order valence-corrected chi connectivity index (χ0v) is 10.3. The summed E-state index contributed by atoms with van der Waals surface area (Å²) in [5.41, 5.74) is 0.604. The summed E-state index contributed by atoms with van der Waals surface area (Å²) in [6.07, 6.45) is 4.66. The maximum Gasteiger partial charge on any atom is 0.338 e. The van der Waals surface area contributed by atoms with Gasteiger partial charge in [0, 0.05) is 6.54 Å². The smallest absolute Gasteiger partial charge is 0.338 e. The molecule has 0 bridgehead atoms. The van der Waals surface area contributed by atoms with Crippen LogP contribution in [0.5, 0.6) is 0 Å². The third kappa shape index (κ3) is 5.85. The van der Waals surface area contributed by atoms with Gasteiger partial charge < -0.3 is 4.74 Å². The first-order valence-corrected chi connectivity index (χ1v) is 6.05. The summed E-state index contributed by atoms with van der Waals surface area (Å²) in [5.74, 6) is -0.254. The van der Waals surface area contributed by atoms with E-state index in [9.17, 15) is 4.79 Å². The molecule has 0 aliphatic carbocycles. The lowest BCUT2D eigenvalue weighted by atomic mass is 10.2. The van der Waals surface area contributed by atoms with Gasteiger partial charge in [-0.15, -0.1) is 0 Å². The van der Waals surface area contributed by atoms with Gasteiger partial charge in [-0.2, -0.15) is 0 Å². The van der Waals surface area contributed by atoms with Crippen LogP contribution < -0.4 is 0 Å². The quantitative estimate of drug-likeness (QED) is 0.412. The van der Waals surface area contributed by atoms with Gasteiger partial charge in [0.25, 0.3) is 0 Å². The summed E-state index contributed by atoms with van der Waals surface area (Å²) in [7, 11) is 0. The second-order valence-corrected chi connectivity index (χ2v) is 3.73. The second kappa shape index (κ2) is 8.50. The minimum Gasteiger partial charge on any atom is -0.462 e. The van der Waals surface area contributed by atoms with Crippen molar-refractivity contribution in [2.75, 3.05) is 13.2 Å². The van der Waals surface area contributed by atoms with Crippen LogP contribution in [0.1, 0.15) is 36.5 Å². The van der Waals surface area contributed by atoms with Crippen molar-refractivity contribution in [3.8, 4) is 0 Å². The molecule has 1 aromatic rings. The number of rotatable bonds is 7. The number of aliphatic imine (C=N–C) groups is 1. The summed E-state index contributed by atoms with van der Waals surface area (Å²) in [6.45, 7) is 3.43. The first kappa shape index (κ1) is 13.4. The number of carbonyl (C=O) groups is 1. The van der Waals surface area contributed by atoms with Crippen molar-refractivity contribution < 1.29 is 9.53 Å². The monoisotopic (exact) mass is 233 g/mol. The number of esters is 1. The number of hydrogen-bond acceptors (Lipinski definition) is 3. The molecular formula is C14H19NO2. The molecule has 0 saturated heterocycles. The summed E-state index contributed by atoms with van der Waals surface area (Å²) in [5, 5.41) is 0. The van der Waals surface area contributed by atoms with Crippen LogP contribution in [0.3, 0.4) is 0 Å². The lowest BCUT2D eigenvalue weighted by molar-refractivity contribution is 0.0502. The van der Waals surface area contributed by atoms with Crippen molar-refractivity contribution in [3.63, 3.8) is 0 Å². The number of unbranched alkanes of at least 4 members (excludes halogenated alkanes) is 1. The van der Waals surface area contributed by atoms with E-state index in [1.165, 1.54) is 0 Å². The van der Waals surface area contributed by atoms with Gasteiger partial charge in [0.05, 0.1) is 12.2 Å². The molecule has 0 aliphatic heterocycles. The average Bonchev–Trinajstić information content (AvgIpc) is 2.38. The Balaban J connectivity index is 2.13. The molecule has 0 spiro atoms. The third-order valence-corrected chi connectivity index (χ3v) is 2.20. The standard InChI is InChI=1S/C14H19NO2/c1-2-10-15-11-6-7-12-17-14(16)13-8-4-3-5-9-13/h3-5,8-9,11H,2,6-7,10,12H2,1H3. The van der Waals surface area contributed by atoms with Gasteiger partial charge in [-0.1, -0.05) is 25.1 Å². The molecule has 0 saturated carbocycles. The van der Waals surface area contributed by atoms with E-state index in [1.807, 2.05) is 24.4 Å². The van der Waals surface area contributed by atoms with Crippen LogP contribution in [0.15, 0.2) is 35.3 Å². The molecule has 1 rings (SSSR count). The molecular weight excluding hydrogens is 214 g/mol. The predicted molar refractivity (Wildman–Crippen MR) is 69.6 cm³/mol. The van der Waals surface area contributed by atoms with Crippen LogP contribution in [0, 0.1) is 0 Å². The molecule has 0 heterocycles. The number of nitrogens with zero attached hydrogens (tertiary/aromatic N) is 1. The Morgan fingerprint density at radius 2 is 2.12 bits per heavy atom. The highest BCUT2D eigenvalue weighted by Crippen LogP contribution is 2.01. The molecule has 0 atom stereocenters. The Hall–Kier alpha value is -1.64. The summed E-state index contributed by atoms with van der Waals surface area (Å²) < 4.78 is 5.13. The summed E-state index contributed by atoms with van der Waals surface area (Å²) in [6, 6.07) is 9.04. The van der Waals surface area contributed by atoms with Crippen LogP contribution in [0.4, 0.5) is 0 Å². The fourth-order valence-electron chi connectivity index (χ4n) is 1.31. The van der Waals surface area contributed by atoms with Crippen LogP contribution >= 0.6 is 0 Å². The first-order chi connectivity index (χ1) is 8.34. The zero-order valence-electron chi connectivity index (χ0n) is 10.3. The Labute approximate surface area is 103 Å². The van der Waals surface area contributed by atoms with Crippen LogP contribution in [-0.2, 0) is 4.74 Å². The molecule has 0 amide bonds. The SMILES string of the molecule is CCCN=CCCCOC(=O)c1ccccc1. The Bertz CT molecular complexity index is 346. The number of ether oxygens (including phenoxy) is 1. The van der Waals surface area contributed by atoms with E-state index in [1.54, 1.807) is 12.1 Å². The van der Waals surface area contributed by atoms with E-state index in [2.05, 4.69) is 11.9 Å². The second-order valence-electron chi connectivity index (χ2n) is 3.73. The van der Waals surface area contributed by atoms with Crippen molar-refractivity contribution in [3.05, 3.63) is 35.9 Å². The number of carbonyl (C=O) groups excluding carboxylic acids is 1. The minimum absolute atomic E-state index is 0.254. The fourth-order valence-corrected chi connectivity index (χ4v) is 1.31. The van der Waals surface area contributed by atoms with Gasteiger partial charge in [-0.3, -0.25) is 4.99 Å². The van der Waals surface area contributed by atoms with Gasteiger partial charge in [-0.25, -0.2) is 4.79 Å². The molecule has 3 nitrogen and oxygen atoms in total. The van der Waals surface area contributed by atoms with Crippen LogP contribution in [0.2, 0.25) is 0 Å². The largest absolute Gasteiger partial charge is 0.462 e. The minimum atomic E-state index is -0.254. The van der Waals surface area contributed by atoms with E-state index in [-0.39, 0.29) is 5.97 Å². The molecule has 17 heavy (non-hydrogen) atoms. The van der Waals surface area contributed by atoms with E-state index in [0.29, 0.717) is 12.2 Å². The zero-order chi connectivity index (χ0) is 12.3. The molecule has 0 N–H and O–H groups in total. The van der Waals surface area contributed by atoms with Crippen molar-refractivity contribution >= 4 is 12.2 Å². The molecule has 0 aromatic heterocycles. The van der Waals surface area contributed by atoms with Crippen LogP contribution in [0.25, 0.3) is 0 Å². The highest BCUT2D eigenvalue weighted by molar-refractivity contribution is 5.89. The van der Waals surface area contributed by atoms with Crippen molar-refractivity contribution in [2.24, 2.45) is 4.99 Å². The fraction of sp³-hybridized carbons (Fsp3) is 0.429. The Morgan fingerprint density at radius 3 is 2.82 bits per heavy atom. The van der Waals surface area contributed by atoms with E-state index < -0.39 is 0 Å². The Kier molecular flexibility index (Phi) is 6.72. The predicted octanol–water partition coefficient (Wildman–Crippen LogP) is 3.10. The normalized spacial score (nSPS) is 10.6. The molecule has 3 heteroatoms. The topological polar surface area (TPSA) is 38.7 Å². The maximum absolute atomic E-state index is 11.5. The molecule has 0 aliphatic rings. The molecule has 92 valence electrons. The third-order valence-electron chi connectivity index (χ3n) is 2.20. The number of hydrogen-bond donors (Lipinski definition) is 0. The van der Waals surface area contributed by atoms with Gasteiger partial charge in [0.15, 0.2) is 0 Å². The average molecular weight is 233 g/mol. The van der Waals surface area contributed by atoms with Crippen molar-refractivity contribution in [1.82, 2.24) is 0 Å². The van der Waals surface area contributed by atoms with E-state index in [4.69, 9.17) is 4.74 Å². The van der Waals surface area contributed by atoms with Gasteiger partial charge >= 0.3 is 5.97 Å². The summed E-state index contributed by atoms with van der Waals surface area (Å²) in [4.78, 5) is 15.7. The lowest BCUT2D eigenvalue weighted by Crippen LogP contribution is -2.06. The van der Waals surface area contributed by atoms with Gasteiger partial charge in [0.2, 0.25) is 0 Å². The maximum atomic E-state index is 11.5. The molecule has 0 unspecified atom stereocenters. The van der Waals surface area contributed by atoms with Crippen molar-refractivity contribution in [2.45, 2.75) is 26.2 Å². The molecule has 0 fully saturated rings. The highest BCUT2D eigenvalue weighted by Gasteiger charge is 2.04. The van der Waals surface area contributed by atoms with Crippen LogP contribution in [-0.4, -0.2) is 25.3 Å². The first-order valence-electron chi connectivity index (χ1n) is 6.05. The van der Waals surface area contributed by atoms with E-state index in [0.717, 1.165) is 25.8 Å². The highest BCUT2D eigenvalue weighted by atomic mass is 16.5. The summed E-state index contributed by atoms with van der Waals surface area (Å²) >= 11 is 0. The van der Waals surface area contributed by atoms with Gasteiger partial charge in [-0.05, 0) is 37.6 Å². The van der Waals surface area contributed by atoms with Crippen molar-refractivity contribution in [1.29, 1.82) is 0 Å². The molecule has 0 radical (unpaired) electrons. The lowest BCUT2D eigenvalue weighted by Gasteiger charge is -2.02. The Morgan fingerprint density at radius 1 is 1.35 bits per heavy atom. The number of benzene rings is 1. The van der Waals surface area contributed by atoms with E-state index >= 15 is 0 Å². The van der Waals surface area contributed by atoms with Gasteiger partial charge in [0.1, 0.15) is 0 Å².